The Morgan fingerprint density at radius 1 is 1.14 bits per heavy atom. The first-order valence-electron chi connectivity index (χ1n) is 11.9. The molecule has 1 saturated heterocycles. The van der Waals surface area contributed by atoms with Gasteiger partial charge in [-0.15, -0.1) is 0 Å². The standard InChI is InChI=1S/C25H29F4N7O/c1-13(15-9-16(25(27,28)29)11-18(30)10-15)31-21-19-12-20(24(37)35(3)4)23(34-22(19)33-14(2)32-21)36-7-5-17(26)6-8-36/h9-13,17H,5-8,30H2,1-4H3,(H,31,32,33,34)/t13-/m1/s1. The Labute approximate surface area is 211 Å². The zero-order chi connectivity index (χ0) is 27.1. The zero-order valence-corrected chi connectivity index (χ0v) is 21.0. The Morgan fingerprint density at radius 3 is 2.43 bits per heavy atom. The van der Waals surface area contributed by atoms with Crippen LogP contribution in [-0.2, 0) is 6.18 Å². The van der Waals surface area contributed by atoms with Gasteiger partial charge in [0.1, 0.15) is 23.6 Å². The zero-order valence-electron chi connectivity index (χ0n) is 21.0. The third kappa shape index (κ3) is 5.67. The number of nitrogen functional groups attached to an aromatic ring is 1. The fourth-order valence-electron chi connectivity index (χ4n) is 4.34. The van der Waals surface area contributed by atoms with Gasteiger partial charge in [-0.2, -0.15) is 13.2 Å². The average Bonchev–Trinajstić information content (AvgIpc) is 2.82. The van der Waals surface area contributed by atoms with Crippen molar-refractivity contribution < 1.29 is 22.4 Å². The van der Waals surface area contributed by atoms with Crippen molar-refractivity contribution in [2.24, 2.45) is 0 Å². The molecule has 1 aliphatic rings. The number of hydrogen-bond acceptors (Lipinski definition) is 7. The second-order valence-electron chi connectivity index (χ2n) is 9.46. The number of nitrogens with one attached hydrogen (secondary N) is 1. The third-order valence-electron chi connectivity index (χ3n) is 6.30. The van der Waals surface area contributed by atoms with Gasteiger partial charge in [-0.05, 0) is 56.5 Å². The number of benzene rings is 1. The lowest BCUT2D eigenvalue weighted by molar-refractivity contribution is -0.137. The number of nitrogens with two attached hydrogens (primary N) is 1. The fourth-order valence-corrected chi connectivity index (χ4v) is 4.34. The Morgan fingerprint density at radius 2 is 1.81 bits per heavy atom. The molecule has 1 aliphatic heterocycles. The largest absolute Gasteiger partial charge is 0.416 e. The second-order valence-corrected chi connectivity index (χ2v) is 9.46. The van der Waals surface area contributed by atoms with Gasteiger partial charge in [0.15, 0.2) is 5.65 Å². The fraction of sp³-hybridized carbons (Fsp3) is 0.440. The number of anilines is 3. The lowest BCUT2D eigenvalue weighted by atomic mass is 10.0. The summed E-state index contributed by atoms with van der Waals surface area (Å²) in [6.45, 7) is 4.19. The van der Waals surface area contributed by atoms with E-state index in [0.717, 1.165) is 12.1 Å². The molecule has 198 valence electrons. The van der Waals surface area contributed by atoms with Gasteiger partial charge < -0.3 is 20.9 Å². The maximum absolute atomic E-state index is 13.8. The topological polar surface area (TPSA) is 100 Å². The second kappa shape index (κ2) is 9.98. The number of nitrogens with zero attached hydrogens (tertiary/aromatic N) is 5. The van der Waals surface area contributed by atoms with Crippen molar-refractivity contribution in [3.05, 3.63) is 46.8 Å². The van der Waals surface area contributed by atoms with E-state index in [0.29, 0.717) is 65.6 Å². The van der Waals surface area contributed by atoms with Crippen LogP contribution >= 0.6 is 0 Å². The quantitative estimate of drug-likeness (QED) is 0.371. The number of fused-ring (bicyclic) bond motifs is 1. The van der Waals surface area contributed by atoms with Crippen LogP contribution in [0.1, 0.15) is 53.1 Å². The molecule has 0 unspecified atom stereocenters. The highest BCUT2D eigenvalue weighted by atomic mass is 19.4. The predicted octanol–water partition coefficient (Wildman–Crippen LogP) is 4.75. The Hall–Kier alpha value is -3.70. The third-order valence-corrected chi connectivity index (χ3v) is 6.30. The number of aromatic nitrogens is 3. The van der Waals surface area contributed by atoms with Crippen LogP contribution in [0.4, 0.5) is 34.9 Å². The minimum absolute atomic E-state index is 0.00979. The first kappa shape index (κ1) is 26.4. The molecule has 0 bridgehead atoms. The lowest BCUT2D eigenvalue weighted by Gasteiger charge is -2.31. The monoisotopic (exact) mass is 519 g/mol. The Kier molecular flexibility index (Phi) is 7.11. The number of amides is 1. The highest BCUT2D eigenvalue weighted by Crippen LogP contribution is 2.35. The van der Waals surface area contributed by atoms with Gasteiger partial charge in [-0.3, -0.25) is 4.79 Å². The summed E-state index contributed by atoms with van der Waals surface area (Å²) in [5, 5.41) is 3.58. The first-order valence-corrected chi connectivity index (χ1v) is 11.9. The molecule has 0 aliphatic carbocycles. The summed E-state index contributed by atoms with van der Waals surface area (Å²) in [5.41, 5.74) is 5.83. The van der Waals surface area contributed by atoms with E-state index in [4.69, 9.17) is 5.73 Å². The number of rotatable bonds is 5. The summed E-state index contributed by atoms with van der Waals surface area (Å²) >= 11 is 0. The molecule has 0 spiro atoms. The van der Waals surface area contributed by atoms with Gasteiger partial charge in [0, 0.05) is 32.9 Å². The van der Waals surface area contributed by atoms with Gasteiger partial charge in [-0.1, -0.05) is 0 Å². The van der Waals surface area contributed by atoms with E-state index >= 15 is 0 Å². The van der Waals surface area contributed by atoms with E-state index in [9.17, 15) is 22.4 Å². The summed E-state index contributed by atoms with van der Waals surface area (Å²) in [6.07, 6.45) is -4.76. The molecule has 0 saturated carbocycles. The molecule has 12 heteroatoms. The SMILES string of the molecule is Cc1nc(N[C@H](C)c2cc(N)cc(C(F)(F)F)c2)c2cc(C(=O)N(C)C)c(N3CCC(F)CC3)nc2n1. The Bertz CT molecular complexity index is 1320. The lowest BCUT2D eigenvalue weighted by Crippen LogP contribution is -2.37. The molecule has 1 atom stereocenters. The van der Waals surface area contributed by atoms with Crippen LogP contribution in [-0.4, -0.2) is 59.1 Å². The van der Waals surface area contributed by atoms with Crippen LogP contribution < -0.4 is 16.0 Å². The van der Waals surface area contributed by atoms with Crippen LogP contribution in [0, 0.1) is 6.92 Å². The van der Waals surface area contributed by atoms with Crippen molar-refractivity contribution in [1.82, 2.24) is 19.9 Å². The van der Waals surface area contributed by atoms with Crippen molar-refractivity contribution in [1.29, 1.82) is 0 Å². The van der Waals surface area contributed by atoms with E-state index in [-0.39, 0.29) is 11.6 Å². The van der Waals surface area contributed by atoms with Crippen molar-refractivity contribution in [3.63, 3.8) is 0 Å². The molecular weight excluding hydrogens is 490 g/mol. The predicted molar refractivity (Wildman–Crippen MR) is 134 cm³/mol. The van der Waals surface area contributed by atoms with Crippen molar-refractivity contribution in [2.45, 2.75) is 45.1 Å². The van der Waals surface area contributed by atoms with E-state index in [2.05, 4.69) is 20.3 Å². The molecule has 3 aromatic rings. The molecule has 3 heterocycles. The number of aryl methyl sites for hydroxylation is 1. The van der Waals surface area contributed by atoms with E-state index in [1.54, 1.807) is 34.0 Å². The summed E-state index contributed by atoms with van der Waals surface area (Å²) in [6, 6.07) is 4.41. The number of carbonyl (C=O) groups is 1. The number of piperidine rings is 1. The average molecular weight is 520 g/mol. The molecule has 4 rings (SSSR count). The van der Waals surface area contributed by atoms with Crippen LogP contribution in [0.15, 0.2) is 24.3 Å². The molecular formula is C25H29F4N7O. The van der Waals surface area contributed by atoms with E-state index in [1.165, 1.54) is 11.0 Å². The van der Waals surface area contributed by atoms with Gasteiger partial charge in [0.2, 0.25) is 0 Å². The molecule has 1 amide bonds. The van der Waals surface area contributed by atoms with Gasteiger partial charge >= 0.3 is 6.18 Å². The minimum atomic E-state index is -4.54. The number of alkyl halides is 4. The number of hydrogen-bond donors (Lipinski definition) is 2. The van der Waals surface area contributed by atoms with Gasteiger partial charge in [0.05, 0.1) is 22.6 Å². The number of pyridine rings is 1. The summed E-state index contributed by atoms with van der Waals surface area (Å²) in [4.78, 5) is 30.0. The molecule has 8 nitrogen and oxygen atoms in total. The maximum atomic E-state index is 13.8. The molecule has 2 aromatic heterocycles. The van der Waals surface area contributed by atoms with Crippen LogP contribution in [0.25, 0.3) is 11.0 Å². The van der Waals surface area contributed by atoms with Crippen LogP contribution in [0.5, 0.6) is 0 Å². The van der Waals surface area contributed by atoms with Gasteiger partial charge in [0.25, 0.3) is 5.91 Å². The molecule has 0 radical (unpaired) electrons. The summed E-state index contributed by atoms with van der Waals surface area (Å²) < 4.78 is 53.8. The number of halogens is 4. The van der Waals surface area contributed by atoms with Crippen molar-refractivity contribution in [2.75, 3.05) is 43.1 Å². The normalized spacial score (nSPS) is 15.6. The van der Waals surface area contributed by atoms with E-state index in [1.807, 2.05) is 4.90 Å². The van der Waals surface area contributed by atoms with Crippen LogP contribution in [0.2, 0.25) is 0 Å². The number of carbonyl (C=O) groups excluding carboxylic acids is 1. The highest BCUT2D eigenvalue weighted by molar-refractivity contribution is 6.03. The summed E-state index contributed by atoms with van der Waals surface area (Å²) in [5.74, 6) is 0.830. The highest BCUT2D eigenvalue weighted by Gasteiger charge is 2.32. The maximum Gasteiger partial charge on any atom is 0.416 e. The van der Waals surface area contributed by atoms with E-state index < -0.39 is 24.0 Å². The molecule has 37 heavy (non-hydrogen) atoms. The Balaban J connectivity index is 1.79. The molecule has 3 N–H and O–H groups in total. The minimum Gasteiger partial charge on any atom is -0.399 e. The molecule has 1 fully saturated rings. The van der Waals surface area contributed by atoms with Crippen molar-refractivity contribution in [3.8, 4) is 0 Å². The smallest absolute Gasteiger partial charge is 0.399 e. The summed E-state index contributed by atoms with van der Waals surface area (Å²) in [7, 11) is 3.24. The molecule has 1 aromatic carbocycles. The van der Waals surface area contributed by atoms with Gasteiger partial charge in [-0.25, -0.2) is 19.3 Å². The van der Waals surface area contributed by atoms with Crippen molar-refractivity contribution >= 4 is 34.3 Å². The first-order chi connectivity index (χ1) is 17.3. The van der Waals surface area contributed by atoms with Crippen LogP contribution in [0.3, 0.4) is 0 Å².